The molecule has 6 heteroatoms. The average Bonchev–Trinajstić information content (AvgIpc) is 3.47. The van der Waals surface area contributed by atoms with E-state index in [0.717, 1.165) is 30.6 Å². The zero-order chi connectivity index (χ0) is 24.8. The lowest BCUT2D eigenvalue weighted by molar-refractivity contribution is -0.122. The molecule has 0 radical (unpaired) electrons. The minimum absolute atomic E-state index is 0.0156. The number of carbonyl (C=O) groups excluding carboxylic acids is 3. The molecule has 0 bridgehead atoms. The molecule has 0 spiro atoms. The van der Waals surface area contributed by atoms with E-state index in [1.54, 1.807) is 30.1 Å². The van der Waals surface area contributed by atoms with Crippen molar-refractivity contribution in [1.29, 1.82) is 0 Å². The average molecular weight is 463 g/mol. The molecule has 0 aliphatic carbocycles. The van der Waals surface area contributed by atoms with Gasteiger partial charge in [0.05, 0.1) is 12.0 Å². The van der Waals surface area contributed by atoms with Crippen molar-refractivity contribution in [1.82, 2.24) is 0 Å². The molecule has 0 saturated carbocycles. The zero-order valence-corrected chi connectivity index (χ0v) is 19.9. The van der Waals surface area contributed by atoms with E-state index in [1.165, 1.54) is 6.08 Å². The van der Waals surface area contributed by atoms with E-state index in [4.69, 9.17) is 0 Å². The van der Waals surface area contributed by atoms with Gasteiger partial charge in [-0.2, -0.15) is 0 Å². The van der Waals surface area contributed by atoms with Gasteiger partial charge >= 0.3 is 0 Å². The second kappa shape index (κ2) is 14.6. The fourth-order valence-corrected chi connectivity index (χ4v) is 3.82. The molecule has 4 rings (SSSR count). The van der Waals surface area contributed by atoms with Gasteiger partial charge in [-0.15, -0.1) is 0 Å². The van der Waals surface area contributed by atoms with Crippen molar-refractivity contribution in [2.45, 2.75) is 39.2 Å². The van der Waals surface area contributed by atoms with Crippen LogP contribution >= 0.6 is 0 Å². The third-order valence-electron chi connectivity index (χ3n) is 5.53. The minimum Gasteiger partial charge on any atom is -0.388 e. The first-order valence-electron chi connectivity index (χ1n) is 11.6. The van der Waals surface area contributed by atoms with Crippen LogP contribution in [0.3, 0.4) is 0 Å². The molecular formula is C28H34N2O4. The molecule has 2 aromatic rings. The van der Waals surface area contributed by atoms with Gasteiger partial charge in [0.15, 0.2) is 0 Å². The Labute approximate surface area is 202 Å². The summed E-state index contributed by atoms with van der Waals surface area (Å²) in [6, 6.07) is 19.4. The van der Waals surface area contributed by atoms with Crippen LogP contribution in [0, 0.1) is 5.92 Å². The van der Waals surface area contributed by atoms with Gasteiger partial charge in [0.2, 0.25) is 11.8 Å². The molecule has 6 nitrogen and oxygen atoms in total. The highest BCUT2D eigenvalue weighted by Gasteiger charge is 2.36. The number of rotatable bonds is 5. The number of benzene rings is 2. The third-order valence-corrected chi connectivity index (χ3v) is 5.53. The van der Waals surface area contributed by atoms with E-state index >= 15 is 0 Å². The van der Waals surface area contributed by atoms with Gasteiger partial charge in [-0.25, -0.2) is 0 Å². The second-order valence-corrected chi connectivity index (χ2v) is 7.88. The van der Waals surface area contributed by atoms with E-state index in [9.17, 15) is 19.5 Å². The maximum Gasteiger partial charge on any atom is 0.233 e. The van der Waals surface area contributed by atoms with E-state index in [0.29, 0.717) is 19.4 Å². The summed E-state index contributed by atoms with van der Waals surface area (Å²) < 4.78 is 0. The lowest BCUT2D eigenvalue weighted by Gasteiger charge is -2.17. The van der Waals surface area contributed by atoms with Crippen LogP contribution in [-0.4, -0.2) is 42.4 Å². The van der Waals surface area contributed by atoms with Crippen LogP contribution < -0.4 is 9.80 Å². The number of aliphatic hydroxyl groups is 1. The van der Waals surface area contributed by atoms with Gasteiger partial charge < -0.3 is 14.9 Å². The first-order valence-corrected chi connectivity index (χ1v) is 11.6. The highest BCUT2D eigenvalue weighted by molar-refractivity contribution is 5.97. The lowest BCUT2D eigenvalue weighted by atomic mass is 10.0. The maximum atomic E-state index is 12.2. The zero-order valence-electron chi connectivity index (χ0n) is 19.9. The minimum atomic E-state index is -0.666. The predicted octanol–water partition coefficient (Wildman–Crippen LogP) is 4.55. The Morgan fingerprint density at radius 2 is 1.47 bits per heavy atom. The molecule has 180 valence electrons. The SMILES string of the molecule is C/C=C/C(O)C1CCN(c2ccccc2)C1=O.C/C=C/C=O.O=C1CCCN1c1ccccc1. The van der Waals surface area contributed by atoms with Gasteiger partial charge in [-0.3, -0.25) is 14.4 Å². The van der Waals surface area contributed by atoms with E-state index in [2.05, 4.69) is 0 Å². The molecule has 0 aromatic heterocycles. The number of anilines is 2. The summed E-state index contributed by atoms with van der Waals surface area (Å²) >= 11 is 0. The molecule has 1 N–H and O–H groups in total. The highest BCUT2D eigenvalue weighted by atomic mass is 16.3. The number of aliphatic hydroxyl groups excluding tert-OH is 1. The van der Waals surface area contributed by atoms with E-state index in [-0.39, 0.29) is 17.7 Å². The van der Waals surface area contributed by atoms with Crippen LogP contribution in [-0.2, 0) is 14.4 Å². The first-order chi connectivity index (χ1) is 16.5. The Bertz CT molecular complexity index is 957. The van der Waals surface area contributed by atoms with Gasteiger partial charge in [-0.1, -0.05) is 54.6 Å². The van der Waals surface area contributed by atoms with Crippen molar-refractivity contribution in [2.75, 3.05) is 22.9 Å². The van der Waals surface area contributed by atoms with Crippen molar-refractivity contribution in [3.8, 4) is 0 Å². The van der Waals surface area contributed by atoms with Gasteiger partial charge in [-0.05, 0) is 57.0 Å². The quantitative estimate of drug-likeness (QED) is 0.402. The van der Waals surface area contributed by atoms with Crippen molar-refractivity contribution >= 4 is 29.5 Å². The molecule has 2 fully saturated rings. The van der Waals surface area contributed by atoms with E-state index < -0.39 is 6.10 Å². The van der Waals surface area contributed by atoms with Crippen LogP contribution in [0.15, 0.2) is 85.0 Å². The number of allylic oxidation sites excluding steroid dienone is 3. The standard InChI is InChI=1S/C14H17NO2.C10H11NO.C4H6O/c1-2-6-13(16)12-9-10-15(14(12)17)11-7-4-3-5-8-11;12-10-7-4-8-11(10)9-5-2-1-3-6-9;1-2-3-4-5/h2-8,12-13,16H,9-10H2,1H3;1-3,5-6H,4,7-8H2;2-4H,1H3/b6-2+;;3-2+. The summed E-state index contributed by atoms with van der Waals surface area (Å²) in [5.74, 6) is -0.0330. The summed E-state index contributed by atoms with van der Waals surface area (Å²) in [7, 11) is 0. The molecule has 2 aliphatic rings. The number of amides is 2. The molecule has 2 heterocycles. The van der Waals surface area contributed by atoms with Crippen LogP contribution in [0.25, 0.3) is 0 Å². The number of carbonyl (C=O) groups is 3. The fourth-order valence-electron chi connectivity index (χ4n) is 3.82. The van der Waals surface area contributed by atoms with Crippen molar-refractivity contribution in [3.05, 3.63) is 85.0 Å². The summed E-state index contributed by atoms with van der Waals surface area (Å²) in [6.07, 6.45) is 9.08. The Balaban J connectivity index is 0.000000209. The third kappa shape index (κ3) is 7.81. The Kier molecular flexibility index (Phi) is 11.5. The summed E-state index contributed by atoms with van der Waals surface area (Å²) in [6.45, 7) is 5.21. The van der Waals surface area contributed by atoms with Crippen LogP contribution in [0.1, 0.15) is 33.1 Å². The van der Waals surface area contributed by atoms with Crippen molar-refractivity contribution in [2.24, 2.45) is 5.92 Å². The van der Waals surface area contributed by atoms with Crippen LogP contribution in [0.4, 0.5) is 11.4 Å². The predicted molar refractivity (Wildman–Crippen MR) is 137 cm³/mol. The summed E-state index contributed by atoms with van der Waals surface area (Å²) in [5.41, 5.74) is 1.94. The molecule has 34 heavy (non-hydrogen) atoms. The smallest absolute Gasteiger partial charge is 0.233 e. The highest BCUT2D eigenvalue weighted by Crippen LogP contribution is 2.27. The Hall–Kier alpha value is -3.51. The first kappa shape index (κ1) is 26.7. The van der Waals surface area contributed by atoms with Crippen LogP contribution in [0.5, 0.6) is 0 Å². The number of aldehydes is 1. The number of para-hydroxylation sites is 2. The fraction of sp³-hybridized carbons (Fsp3) is 0.321. The van der Waals surface area contributed by atoms with Crippen molar-refractivity contribution < 1.29 is 19.5 Å². The normalized spacial score (nSPS) is 18.5. The van der Waals surface area contributed by atoms with Crippen molar-refractivity contribution in [3.63, 3.8) is 0 Å². The summed E-state index contributed by atoms with van der Waals surface area (Å²) in [5, 5.41) is 9.85. The molecule has 2 aromatic carbocycles. The van der Waals surface area contributed by atoms with Crippen LogP contribution in [0.2, 0.25) is 0 Å². The monoisotopic (exact) mass is 462 g/mol. The molecule has 2 atom stereocenters. The maximum absolute atomic E-state index is 12.2. The molecule has 2 unspecified atom stereocenters. The molecule has 2 saturated heterocycles. The second-order valence-electron chi connectivity index (χ2n) is 7.88. The Morgan fingerprint density at radius 3 is 1.91 bits per heavy atom. The molecular weight excluding hydrogens is 428 g/mol. The van der Waals surface area contributed by atoms with Gasteiger partial charge in [0.25, 0.3) is 0 Å². The number of hydrogen-bond donors (Lipinski definition) is 1. The number of nitrogens with zero attached hydrogens (tertiary/aromatic N) is 2. The van der Waals surface area contributed by atoms with Gasteiger partial charge in [0.1, 0.15) is 6.29 Å². The number of hydrogen-bond acceptors (Lipinski definition) is 4. The van der Waals surface area contributed by atoms with E-state index in [1.807, 2.05) is 72.5 Å². The Morgan fingerprint density at radius 1 is 0.882 bits per heavy atom. The summed E-state index contributed by atoms with van der Waals surface area (Å²) in [4.78, 5) is 36.4. The topological polar surface area (TPSA) is 77.9 Å². The largest absolute Gasteiger partial charge is 0.388 e. The molecule has 2 amide bonds. The molecule has 2 aliphatic heterocycles. The lowest BCUT2D eigenvalue weighted by Crippen LogP contribution is -2.31. The van der Waals surface area contributed by atoms with Gasteiger partial charge in [0, 0.05) is 30.9 Å².